The highest BCUT2D eigenvalue weighted by Crippen LogP contribution is 2.28. The van der Waals surface area contributed by atoms with Gasteiger partial charge in [0.25, 0.3) is 0 Å². The van der Waals surface area contributed by atoms with E-state index in [2.05, 4.69) is 10.0 Å². The molecule has 2 heterocycles. The molecule has 9 atom stereocenters. The van der Waals surface area contributed by atoms with E-state index in [1.165, 1.54) is 0 Å². The molecule has 2 aliphatic heterocycles. The lowest BCUT2D eigenvalue weighted by atomic mass is 9.98. The number of carboxylic acids is 1. The van der Waals surface area contributed by atoms with Crippen molar-refractivity contribution in [3.8, 4) is 0 Å². The summed E-state index contributed by atoms with van der Waals surface area (Å²) in [4.78, 5) is 13.8. The van der Waals surface area contributed by atoms with Crippen LogP contribution >= 0.6 is 0 Å². The Morgan fingerprint density at radius 1 is 1.11 bits per heavy atom. The summed E-state index contributed by atoms with van der Waals surface area (Å²) >= 11 is 0. The van der Waals surface area contributed by atoms with Gasteiger partial charge in [-0.25, -0.2) is 4.79 Å². The van der Waals surface area contributed by atoms with E-state index in [1.54, 1.807) is 0 Å². The number of rotatable bonds is 7. The van der Waals surface area contributed by atoms with Crippen LogP contribution in [0.15, 0.2) is 5.11 Å². The monoisotopic (exact) mass is 395 g/mol. The maximum atomic E-state index is 11.3. The molecule has 3 unspecified atom stereocenters. The van der Waals surface area contributed by atoms with E-state index in [9.17, 15) is 35.4 Å². The van der Waals surface area contributed by atoms with Gasteiger partial charge in [0.05, 0.1) is 13.2 Å². The first-order chi connectivity index (χ1) is 12.8. The van der Waals surface area contributed by atoms with Crippen LogP contribution < -0.4 is 0 Å². The zero-order chi connectivity index (χ0) is 20.1. The Balaban J connectivity index is 2.10. The molecule has 0 amide bonds. The summed E-state index contributed by atoms with van der Waals surface area (Å²) in [5.41, 5.74) is 8.21. The maximum absolute atomic E-state index is 11.3. The largest absolute Gasteiger partial charge is 0.479 e. The summed E-state index contributed by atoms with van der Waals surface area (Å²) in [6, 6.07) is 0. The molecule has 2 rings (SSSR count). The summed E-state index contributed by atoms with van der Waals surface area (Å²) < 4.78 is 20.4. The number of azide groups is 1. The van der Waals surface area contributed by atoms with Crippen molar-refractivity contribution in [2.24, 2.45) is 5.11 Å². The minimum atomic E-state index is -1.87. The smallest absolute Gasteiger partial charge is 0.335 e. The number of aliphatic carboxylic acids is 1. The van der Waals surface area contributed by atoms with Gasteiger partial charge in [-0.2, -0.15) is 0 Å². The molecule has 27 heavy (non-hydrogen) atoms. The maximum Gasteiger partial charge on any atom is 0.335 e. The zero-order valence-corrected chi connectivity index (χ0v) is 13.9. The fourth-order valence-electron chi connectivity index (χ4n) is 2.65. The molecule has 0 aromatic carbocycles. The zero-order valence-electron chi connectivity index (χ0n) is 13.9. The summed E-state index contributed by atoms with van der Waals surface area (Å²) in [7, 11) is 0. The van der Waals surface area contributed by atoms with Crippen LogP contribution in [0, 0.1) is 0 Å². The van der Waals surface area contributed by atoms with Crippen LogP contribution in [0.2, 0.25) is 0 Å². The average Bonchev–Trinajstić information content (AvgIpc) is 2.63. The van der Waals surface area contributed by atoms with Gasteiger partial charge >= 0.3 is 5.97 Å². The van der Waals surface area contributed by atoms with E-state index in [-0.39, 0.29) is 13.2 Å². The minimum absolute atomic E-state index is 0.122. The molecule has 0 spiro atoms. The number of carboxylic acid groups (broad SMARTS) is 1. The molecular formula is C13H21N3O11. The van der Waals surface area contributed by atoms with Gasteiger partial charge in [-0.15, -0.1) is 0 Å². The second-order valence-electron chi connectivity index (χ2n) is 5.92. The minimum Gasteiger partial charge on any atom is -0.479 e. The lowest BCUT2D eigenvalue weighted by Crippen LogP contribution is -2.64. The predicted octanol–water partition coefficient (Wildman–Crippen LogP) is -3.33. The summed E-state index contributed by atoms with van der Waals surface area (Å²) in [5, 5.41) is 61.9. The third kappa shape index (κ3) is 5.03. The quantitative estimate of drug-likeness (QED) is 0.108. The number of aliphatic hydroxyl groups is 5. The van der Waals surface area contributed by atoms with Gasteiger partial charge in [0.2, 0.25) is 0 Å². The highest BCUT2D eigenvalue weighted by atomic mass is 16.7. The van der Waals surface area contributed by atoms with Crippen molar-refractivity contribution in [1.82, 2.24) is 0 Å². The first-order valence-corrected chi connectivity index (χ1v) is 7.96. The van der Waals surface area contributed by atoms with Crippen molar-refractivity contribution in [2.45, 2.75) is 55.3 Å². The molecule has 14 heteroatoms. The number of aliphatic hydroxyl groups excluding tert-OH is 5. The highest BCUT2D eigenvalue weighted by Gasteiger charge is 2.51. The Morgan fingerprint density at radius 2 is 1.81 bits per heavy atom. The van der Waals surface area contributed by atoms with E-state index < -0.39 is 67.9 Å². The molecule has 2 fully saturated rings. The SMILES string of the molecule is [N-]=[N+]=NCCO[C@@H]1OC(C(=O)O)[C@@H](O)C(O[C@H]2OC[C@@H](O)C(O)[C@@H]2O)[C@@H]1O. The Hall–Kier alpha value is -1.58. The molecule has 2 aliphatic rings. The van der Waals surface area contributed by atoms with Crippen molar-refractivity contribution in [3.05, 3.63) is 10.4 Å². The molecule has 0 aromatic heterocycles. The molecule has 14 nitrogen and oxygen atoms in total. The standard InChI is InChI=1S/C13H21N3O11/c14-16-15-1-2-24-13-8(21)9(7(20)10(27-13)11(22)23)26-12-6(19)5(18)4(17)3-25-12/h4-10,12-13,17-21H,1-3H2,(H,22,23)/t4-,5?,6+,7+,8+,9?,10?,12-,13-/m1/s1. The summed E-state index contributed by atoms with van der Waals surface area (Å²) in [5.74, 6) is -1.56. The Kier molecular flexibility index (Phi) is 7.69. The Bertz CT molecular complexity index is 560. The van der Waals surface area contributed by atoms with Crippen LogP contribution in [-0.2, 0) is 23.7 Å². The first kappa shape index (κ1) is 21.7. The molecule has 154 valence electrons. The van der Waals surface area contributed by atoms with Gasteiger partial charge in [0.1, 0.15) is 36.6 Å². The van der Waals surface area contributed by atoms with Crippen molar-refractivity contribution in [2.75, 3.05) is 19.8 Å². The lowest BCUT2D eigenvalue weighted by molar-refractivity contribution is -0.344. The topological polar surface area (TPSA) is 224 Å². The number of ether oxygens (including phenoxy) is 4. The fraction of sp³-hybridized carbons (Fsp3) is 0.923. The molecule has 0 bridgehead atoms. The molecule has 2 saturated heterocycles. The number of carbonyl (C=O) groups is 1. The van der Waals surface area contributed by atoms with Crippen LogP contribution in [0.3, 0.4) is 0 Å². The van der Waals surface area contributed by atoms with Crippen molar-refractivity contribution in [1.29, 1.82) is 0 Å². The van der Waals surface area contributed by atoms with Crippen molar-refractivity contribution in [3.63, 3.8) is 0 Å². The van der Waals surface area contributed by atoms with Crippen molar-refractivity contribution >= 4 is 5.97 Å². The van der Waals surface area contributed by atoms with E-state index >= 15 is 0 Å². The normalized spacial score (nSPS) is 42.3. The summed E-state index contributed by atoms with van der Waals surface area (Å²) in [6.45, 7) is -0.732. The molecule has 0 radical (unpaired) electrons. The van der Waals surface area contributed by atoms with Gasteiger partial charge in [0.15, 0.2) is 18.7 Å². The van der Waals surface area contributed by atoms with E-state index in [0.29, 0.717) is 0 Å². The Morgan fingerprint density at radius 3 is 2.44 bits per heavy atom. The summed E-state index contributed by atoms with van der Waals surface area (Å²) in [6.07, 6.45) is -14.8. The number of nitrogens with zero attached hydrogens (tertiary/aromatic N) is 3. The average molecular weight is 395 g/mol. The predicted molar refractivity (Wildman–Crippen MR) is 80.9 cm³/mol. The number of hydrogen-bond donors (Lipinski definition) is 6. The third-order valence-corrected chi connectivity index (χ3v) is 4.07. The third-order valence-electron chi connectivity index (χ3n) is 4.07. The Labute approximate surface area is 152 Å². The first-order valence-electron chi connectivity index (χ1n) is 7.96. The second kappa shape index (κ2) is 9.57. The fourth-order valence-corrected chi connectivity index (χ4v) is 2.65. The molecule has 0 aromatic rings. The van der Waals surface area contributed by atoms with Gasteiger partial charge in [-0.1, -0.05) is 5.11 Å². The van der Waals surface area contributed by atoms with Gasteiger partial charge < -0.3 is 49.6 Å². The molecule has 0 saturated carbocycles. The van der Waals surface area contributed by atoms with Gasteiger partial charge in [0, 0.05) is 11.5 Å². The van der Waals surface area contributed by atoms with E-state index in [0.717, 1.165) is 0 Å². The van der Waals surface area contributed by atoms with E-state index in [1.807, 2.05) is 0 Å². The van der Waals surface area contributed by atoms with E-state index in [4.69, 9.17) is 24.5 Å². The molecule has 6 N–H and O–H groups in total. The van der Waals surface area contributed by atoms with Crippen LogP contribution in [0.1, 0.15) is 0 Å². The highest BCUT2D eigenvalue weighted by molar-refractivity contribution is 5.73. The van der Waals surface area contributed by atoms with Crippen LogP contribution in [-0.4, -0.2) is 112 Å². The van der Waals surface area contributed by atoms with Crippen molar-refractivity contribution < 1.29 is 54.4 Å². The van der Waals surface area contributed by atoms with Crippen LogP contribution in [0.25, 0.3) is 10.4 Å². The lowest BCUT2D eigenvalue weighted by Gasteiger charge is -2.43. The number of hydrogen-bond acceptors (Lipinski definition) is 11. The van der Waals surface area contributed by atoms with Crippen LogP contribution in [0.4, 0.5) is 0 Å². The molecule has 0 aliphatic carbocycles. The van der Waals surface area contributed by atoms with Gasteiger partial charge in [-0.05, 0) is 5.53 Å². The second-order valence-corrected chi connectivity index (χ2v) is 5.92. The molecular weight excluding hydrogens is 374 g/mol. The van der Waals surface area contributed by atoms with Crippen LogP contribution in [0.5, 0.6) is 0 Å². The van der Waals surface area contributed by atoms with Gasteiger partial charge in [-0.3, -0.25) is 0 Å².